The molecule has 1 fully saturated rings. The van der Waals surface area contributed by atoms with Crippen molar-refractivity contribution in [3.8, 4) is 5.75 Å². The van der Waals surface area contributed by atoms with Crippen LogP contribution in [-0.2, 0) is 30.9 Å². The highest BCUT2D eigenvalue weighted by molar-refractivity contribution is 7.91. The Morgan fingerprint density at radius 2 is 1.70 bits per heavy atom. The van der Waals surface area contributed by atoms with Crippen LogP contribution in [0.4, 0.5) is 13.2 Å². The molecule has 40 heavy (non-hydrogen) atoms. The normalized spacial score (nSPS) is 15.4. The Morgan fingerprint density at radius 1 is 1.02 bits per heavy atom. The van der Waals surface area contributed by atoms with Crippen molar-refractivity contribution in [2.45, 2.75) is 63.1 Å². The molecule has 1 saturated carbocycles. The summed E-state index contributed by atoms with van der Waals surface area (Å²) in [6.07, 6.45) is -2.67. The Hall–Kier alpha value is -3.67. The molecule has 12 heteroatoms. The molecule has 1 aliphatic rings. The highest BCUT2D eigenvalue weighted by Crippen LogP contribution is 2.42. The number of carbonyl (C=O) groups is 2. The Bertz CT molecular complexity index is 1480. The summed E-state index contributed by atoms with van der Waals surface area (Å²) >= 11 is 0. The maximum atomic E-state index is 13.3. The SMILES string of the molecule is Cc1cc(COc2ccc(S(=O)(=O)CC3(CC(=O)NOC(=O)C(F)(F)F)CCCCC3)cc2)c2ccccc2n1. The highest BCUT2D eigenvalue weighted by atomic mass is 32.2. The van der Waals surface area contributed by atoms with Crippen molar-refractivity contribution < 1.29 is 40.8 Å². The van der Waals surface area contributed by atoms with Crippen LogP contribution in [0.5, 0.6) is 5.75 Å². The number of pyridine rings is 1. The third-order valence-corrected chi connectivity index (χ3v) is 8.92. The Morgan fingerprint density at radius 3 is 2.38 bits per heavy atom. The van der Waals surface area contributed by atoms with E-state index >= 15 is 0 Å². The number of amides is 1. The molecule has 8 nitrogen and oxygen atoms in total. The maximum Gasteiger partial charge on any atom is 0.493 e. The third kappa shape index (κ3) is 7.29. The second-order valence-electron chi connectivity index (χ2n) is 10.1. The standard InChI is InChI=1S/C28H29F3N2O6S/c1-19-15-20(23-7-3-4-8-24(23)32-19)17-38-21-9-11-22(12-10-21)40(36,37)18-27(13-5-2-6-14-27)16-25(34)33-39-26(35)28(29,30)31/h3-4,7-12,15H,2,5-6,13-14,16-18H2,1H3,(H,33,34). The number of rotatable bonds is 8. The maximum absolute atomic E-state index is 13.3. The van der Waals surface area contributed by atoms with E-state index in [1.54, 1.807) is 12.1 Å². The Balaban J connectivity index is 1.43. The number of carbonyl (C=O) groups excluding carboxylic acids is 2. The van der Waals surface area contributed by atoms with Crippen LogP contribution in [0.25, 0.3) is 10.9 Å². The number of benzene rings is 2. The number of aromatic nitrogens is 1. The lowest BCUT2D eigenvalue weighted by Gasteiger charge is -2.36. The fraction of sp³-hybridized carbons (Fsp3) is 0.393. The summed E-state index contributed by atoms with van der Waals surface area (Å²) in [4.78, 5) is 31.6. The van der Waals surface area contributed by atoms with Gasteiger partial charge < -0.3 is 9.57 Å². The number of hydroxylamine groups is 1. The topological polar surface area (TPSA) is 112 Å². The fourth-order valence-corrected chi connectivity index (χ4v) is 7.03. The first kappa shape index (κ1) is 29.3. The average Bonchev–Trinajstić information content (AvgIpc) is 2.90. The van der Waals surface area contributed by atoms with Crippen molar-refractivity contribution in [2.75, 3.05) is 5.75 Å². The molecule has 2 aromatic carbocycles. The molecule has 1 N–H and O–H groups in total. The van der Waals surface area contributed by atoms with Crippen molar-refractivity contribution in [2.24, 2.45) is 5.41 Å². The molecule has 4 rings (SSSR count). The van der Waals surface area contributed by atoms with E-state index in [0.717, 1.165) is 28.6 Å². The smallest absolute Gasteiger partial charge is 0.489 e. The number of aryl methyl sites for hydroxylation is 1. The van der Waals surface area contributed by atoms with Gasteiger partial charge >= 0.3 is 12.1 Å². The Kier molecular flexibility index (Phi) is 8.67. The van der Waals surface area contributed by atoms with Crippen molar-refractivity contribution in [1.82, 2.24) is 10.5 Å². The van der Waals surface area contributed by atoms with Gasteiger partial charge in [0.2, 0.25) is 0 Å². The number of alkyl halides is 3. The number of ether oxygens (including phenoxy) is 1. The fourth-order valence-electron chi connectivity index (χ4n) is 5.12. The van der Waals surface area contributed by atoms with Crippen LogP contribution in [0, 0.1) is 12.3 Å². The van der Waals surface area contributed by atoms with E-state index < -0.39 is 39.7 Å². The molecule has 0 atom stereocenters. The first-order chi connectivity index (χ1) is 18.9. The lowest BCUT2D eigenvalue weighted by Crippen LogP contribution is -2.40. The minimum absolute atomic E-state index is 0.0407. The highest BCUT2D eigenvalue weighted by Gasteiger charge is 2.43. The number of para-hydroxylation sites is 1. The predicted octanol–water partition coefficient (Wildman–Crippen LogP) is 5.37. The molecule has 0 spiro atoms. The van der Waals surface area contributed by atoms with Gasteiger partial charge in [0.25, 0.3) is 5.91 Å². The number of nitrogens with one attached hydrogen (secondary N) is 1. The van der Waals surface area contributed by atoms with Gasteiger partial charge in [0, 0.05) is 23.1 Å². The molecule has 214 valence electrons. The van der Waals surface area contributed by atoms with Gasteiger partial charge in [-0.05, 0) is 61.6 Å². The lowest BCUT2D eigenvalue weighted by molar-refractivity contribution is -0.207. The molecule has 0 aliphatic heterocycles. The third-order valence-electron chi connectivity index (χ3n) is 6.94. The van der Waals surface area contributed by atoms with Gasteiger partial charge in [0.15, 0.2) is 9.84 Å². The molecular formula is C28H29F3N2O6S. The summed E-state index contributed by atoms with van der Waals surface area (Å²) < 4.78 is 69.7. The van der Waals surface area contributed by atoms with Crippen LogP contribution in [-0.4, -0.2) is 37.2 Å². The van der Waals surface area contributed by atoms with E-state index in [2.05, 4.69) is 9.82 Å². The van der Waals surface area contributed by atoms with Gasteiger partial charge in [-0.25, -0.2) is 13.2 Å². The first-order valence-electron chi connectivity index (χ1n) is 12.7. The molecule has 1 amide bonds. The van der Waals surface area contributed by atoms with E-state index in [1.165, 1.54) is 17.6 Å². The van der Waals surface area contributed by atoms with E-state index in [9.17, 15) is 31.2 Å². The molecule has 0 unspecified atom stereocenters. The summed E-state index contributed by atoms with van der Waals surface area (Å²) in [7, 11) is -3.87. The van der Waals surface area contributed by atoms with Crippen LogP contribution < -0.4 is 10.2 Å². The van der Waals surface area contributed by atoms with Crippen molar-refractivity contribution in [1.29, 1.82) is 0 Å². The predicted molar refractivity (Wildman–Crippen MR) is 140 cm³/mol. The summed E-state index contributed by atoms with van der Waals surface area (Å²) in [6.45, 7) is 2.15. The van der Waals surface area contributed by atoms with E-state index in [1.807, 2.05) is 37.3 Å². The number of halogens is 3. The largest absolute Gasteiger partial charge is 0.493 e. The van der Waals surface area contributed by atoms with Gasteiger partial charge in [-0.2, -0.15) is 18.7 Å². The molecule has 1 aliphatic carbocycles. The Labute approximate surface area is 229 Å². The number of nitrogens with zero attached hydrogens (tertiary/aromatic N) is 1. The monoisotopic (exact) mass is 578 g/mol. The van der Waals surface area contributed by atoms with Crippen LogP contribution in [0.2, 0.25) is 0 Å². The zero-order valence-corrected chi connectivity index (χ0v) is 22.6. The van der Waals surface area contributed by atoms with E-state index in [0.29, 0.717) is 31.4 Å². The lowest BCUT2D eigenvalue weighted by atomic mass is 9.73. The van der Waals surface area contributed by atoms with Crippen LogP contribution in [0.3, 0.4) is 0 Å². The molecular weight excluding hydrogens is 549 g/mol. The second kappa shape index (κ2) is 11.8. The summed E-state index contributed by atoms with van der Waals surface area (Å²) in [5, 5.41) is 0.960. The zero-order chi connectivity index (χ0) is 29.0. The zero-order valence-electron chi connectivity index (χ0n) is 21.8. The minimum atomic E-state index is -5.26. The van der Waals surface area contributed by atoms with Gasteiger partial charge in [0.1, 0.15) is 12.4 Å². The van der Waals surface area contributed by atoms with Gasteiger partial charge in [-0.3, -0.25) is 9.78 Å². The molecule has 0 radical (unpaired) electrons. The van der Waals surface area contributed by atoms with Crippen LogP contribution in [0.1, 0.15) is 49.8 Å². The van der Waals surface area contributed by atoms with Crippen LogP contribution in [0.15, 0.2) is 59.5 Å². The molecule has 1 heterocycles. The van der Waals surface area contributed by atoms with Crippen molar-refractivity contribution in [3.63, 3.8) is 0 Å². The second-order valence-corrected chi connectivity index (χ2v) is 12.1. The number of sulfone groups is 1. The molecule has 3 aromatic rings. The molecule has 0 saturated heterocycles. The number of fused-ring (bicyclic) bond motifs is 1. The van der Waals surface area contributed by atoms with Crippen molar-refractivity contribution >= 4 is 32.6 Å². The number of hydrogen-bond donors (Lipinski definition) is 1. The van der Waals surface area contributed by atoms with Gasteiger partial charge in [0.05, 0.1) is 16.2 Å². The minimum Gasteiger partial charge on any atom is -0.489 e. The summed E-state index contributed by atoms with van der Waals surface area (Å²) in [5.41, 5.74) is 3.16. The number of hydrogen-bond acceptors (Lipinski definition) is 7. The quantitative estimate of drug-likeness (QED) is 0.358. The summed E-state index contributed by atoms with van der Waals surface area (Å²) in [6, 6.07) is 15.6. The first-order valence-corrected chi connectivity index (χ1v) is 14.4. The van der Waals surface area contributed by atoms with Gasteiger partial charge in [-0.15, -0.1) is 0 Å². The molecule has 0 bridgehead atoms. The van der Waals surface area contributed by atoms with Crippen molar-refractivity contribution in [3.05, 3.63) is 65.9 Å². The van der Waals surface area contributed by atoms with Gasteiger partial charge in [-0.1, -0.05) is 37.5 Å². The van der Waals surface area contributed by atoms with E-state index in [-0.39, 0.29) is 17.3 Å². The van der Waals surface area contributed by atoms with E-state index in [4.69, 9.17) is 4.74 Å². The average molecular weight is 579 g/mol. The molecule has 1 aromatic heterocycles. The summed E-state index contributed by atoms with van der Waals surface area (Å²) in [5.74, 6) is -3.45. The van der Waals surface area contributed by atoms with Crippen LogP contribution >= 0.6 is 0 Å².